The largest absolute Gasteiger partial charge is 0.367 e. The van der Waals surface area contributed by atoms with Crippen molar-refractivity contribution in [3.8, 4) is 0 Å². The van der Waals surface area contributed by atoms with Crippen molar-refractivity contribution in [1.29, 1.82) is 0 Å². The highest BCUT2D eigenvalue weighted by Gasteiger charge is 2.31. The quantitative estimate of drug-likeness (QED) is 0.796. The highest BCUT2D eigenvalue weighted by molar-refractivity contribution is 5.55. The second-order valence-electron chi connectivity index (χ2n) is 6.29. The molecule has 0 fully saturated rings. The summed E-state index contributed by atoms with van der Waals surface area (Å²) < 4.78 is 0. The van der Waals surface area contributed by atoms with Crippen LogP contribution in [0.15, 0.2) is 30.6 Å². The van der Waals surface area contributed by atoms with Gasteiger partial charge in [0.15, 0.2) is 0 Å². The average molecular weight is 278 g/mol. The van der Waals surface area contributed by atoms with E-state index in [1.807, 2.05) is 12.4 Å². The first-order valence-electron chi connectivity index (χ1n) is 7.38. The molecule has 1 aliphatic heterocycles. The van der Waals surface area contributed by atoms with Crippen molar-refractivity contribution in [2.24, 2.45) is 0 Å². The van der Waals surface area contributed by atoms with Crippen LogP contribution >= 0.6 is 0 Å². The van der Waals surface area contributed by atoms with Crippen molar-refractivity contribution in [3.05, 3.63) is 63.3 Å². The highest BCUT2D eigenvalue weighted by atomic mass is 15.2. The van der Waals surface area contributed by atoms with Crippen LogP contribution in [0, 0.1) is 20.8 Å². The third-order valence-electron chi connectivity index (χ3n) is 4.75. The number of hydrogen-bond donors (Lipinski definition) is 0. The second kappa shape index (κ2) is 4.73. The van der Waals surface area contributed by atoms with Crippen molar-refractivity contribution in [1.82, 2.24) is 9.88 Å². The first-order chi connectivity index (χ1) is 9.91. The van der Waals surface area contributed by atoms with Crippen LogP contribution < -0.4 is 10.4 Å². The summed E-state index contributed by atoms with van der Waals surface area (Å²) >= 11 is 0. The lowest BCUT2D eigenvalue weighted by Crippen LogP contribution is -2.46. The molecule has 2 nitrogen and oxygen atoms in total. The zero-order valence-electron chi connectivity index (χ0n) is 13.4. The molecule has 0 aliphatic carbocycles. The molecule has 0 N–H and O–H groups in total. The van der Waals surface area contributed by atoms with Gasteiger partial charge in [0.25, 0.3) is 0 Å². The van der Waals surface area contributed by atoms with Gasteiger partial charge >= 0.3 is 0 Å². The fourth-order valence-corrected chi connectivity index (χ4v) is 3.24. The SMILES string of the molecule is Cc1cc(C)c(C)c(C2(C)C=c3ccncc3=CN2C)c1. The molecule has 1 unspecified atom stereocenters. The van der Waals surface area contributed by atoms with E-state index in [0.717, 1.165) is 0 Å². The van der Waals surface area contributed by atoms with Crippen LogP contribution in [0.2, 0.25) is 0 Å². The summed E-state index contributed by atoms with van der Waals surface area (Å²) in [5, 5.41) is 2.43. The van der Waals surface area contributed by atoms with Gasteiger partial charge in [0, 0.05) is 30.9 Å². The zero-order valence-corrected chi connectivity index (χ0v) is 13.4. The first kappa shape index (κ1) is 13.9. The molecule has 1 atom stereocenters. The summed E-state index contributed by atoms with van der Waals surface area (Å²) in [6.45, 7) is 8.87. The summed E-state index contributed by atoms with van der Waals surface area (Å²) in [6, 6.07) is 6.66. The van der Waals surface area contributed by atoms with E-state index in [4.69, 9.17) is 0 Å². The van der Waals surface area contributed by atoms with E-state index >= 15 is 0 Å². The van der Waals surface area contributed by atoms with Crippen LogP contribution in [0.5, 0.6) is 0 Å². The van der Waals surface area contributed by atoms with Gasteiger partial charge in [0.1, 0.15) is 0 Å². The number of aromatic nitrogens is 1. The van der Waals surface area contributed by atoms with Crippen LogP contribution in [-0.4, -0.2) is 16.9 Å². The van der Waals surface area contributed by atoms with E-state index in [1.165, 1.54) is 32.7 Å². The fourth-order valence-electron chi connectivity index (χ4n) is 3.24. The molecule has 0 saturated carbocycles. The Morgan fingerprint density at radius 3 is 2.62 bits per heavy atom. The lowest BCUT2D eigenvalue weighted by Gasteiger charge is -2.39. The number of rotatable bonds is 1. The maximum atomic E-state index is 4.22. The maximum Gasteiger partial charge on any atom is 0.0812 e. The molecule has 0 spiro atoms. The molecule has 0 amide bonds. The molecule has 1 aromatic carbocycles. The maximum absolute atomic E-state index is 4.22. The predicted octanol–water partition coefficient (Wildman–Crippen LogP) is 2.39. The summed E-state index contributed by atoms with van der Waals surface area (Å²) in [6.07, 6.45) is 8.34. The van der Waals surface area contributed by atoms with Crippen LogP contribution in [0.25, 0.3) is 12.3 Å². The average Bonchev–Trinajstić information content (AvgIpc) is 2.44. The molecule has 1 aliphatic rings. The highest BCUT2D eigenvalue weighted by Crippen LogP contribution is 2.34. The molecule has 3 rings (SSSR count). The third kappa shape index (κ3) is 2.15. The standard InChI is InChI=1S/C19H22N2/c1-13-8-14(2)15(3)18(9-13)19(4)10-16-6-7-20-11-17(16)12-21(19)5/h6-12H,1-5H3. The Labute approximate surface area is 126 Å². The summed E-state index contributed by atoms with van der Waals surface area (Å²) in [5.74, 6) is 0. The van der Waals surface area contributed by atoms with Gasteiger partial charge in [-0.25, -0.2) is 0 Å². The van der Waals surface area contributed by atoms with E-state index in [9.17, 15) is 0 Å². The molecule has 0 saturated heterocycles. The molecule has 2 aromatic rings. The minimum atomic E-state index is -0.130. The number of aryl methyl sites for hydroxylation is 2. The van der Waals surface area contributed by atoms with E-state index < -0.39 is 0 Å². The van der Waals surface area contributed by atoms with Crippen LogP contribution in [0.1, 0.15) is 29.2 Å². The number of pyridine rings is 1. The molecule has 0 radical (unpaired) electrons. The Hall–Kier alpha value is -2.09. The molecule has 1 aromatic heterocycles. The Balaban J connectivity index is 2.30. The van der Waals surface area contributed by atoms with Crippen LogP contribution in [0.4, 0.5) is 0 Å². The number of fused-ring (bicyclic) bond motifs is 1. The Bertz CT molecular complexity index is 820. The predicted molar refractivity (Wildman–Crippen MR) is 88.2 cm³/mol. The Morgan fingerprint density at radius 1 is 1.10 bits per heavy atom. The summed E-state index contributed by atoms with van der Waals surface area (Å²) in [5.41, 5.74) is 5.29. The van der Waals surface area contributed by atoms with Gasteiger partial charge in [0.05, 0.1) is 5.54 Å². The molecule has 2 heteroatoms. The molecular formula is C19H22N2. The zero-order chi connectivity index (χ0) is 15.2. The molecule has 2 heterocycles. The Kier molecular flexibility index (Phi) is 3.12. The lowest BCUT2D eigenvalue weighted by molar-refractivity contribution is 0.309. The molecule has 21 heavy (non-hydrogen) atoms. The third-order valence-corrected chi connectivity index (χ3v) is 4.75. The fraction of sp³-hybridized carbons (Fsp3) is 0.316. The molecule has 108 valence electrons. The normalized spacial score (nSPS) is 20.5. The van der Waals surface area contributed by atoms with E-state index in [0.29, 0.717) is 0 Å². The van der Waals surface area contributed by atoms with E-state index in [-0.39, 0.29) is 5.54 Å². The smallest absolute Gasteiger partial charge is 0.0812 e. The van der Waals surface area contributed by atoms with Gasteiger partial charge in [0.2, 0.25) is 0 Å². The molecule has 0 bridgehead atoms. The van der Waals surface area contributed by atoms with Gasteiger partial charge < -0.3 is 4.90 Å². The van der Waals surface area contributed by atoms with E-state index in [1.54, 1.807) is 0 Å². The van der Waals surface area contributed by atoms with Crippen molar-refractivity contribution >= 4 is 12.3 Å². The van der Waals surface area contributed by atoms with Gasteiger partial charge in [-0.2, -0.15) is 0 Å². The van der Waals surface area contributed by atoms with Gasteiger partial charge in [-0.1, -0.05) is 17.7 Å². The van der Waals surface area contributed by atoms with Gasteiger partial charge in [-0.3, -0.25) is 4.98 Å². The Morgan fingerprint density at radius 2 is 1.86 bits per heavy atom. The monoisotopic (exact) mass is 278 g/mol. The minimum absolute atomic E-state index is 0.130. The lowest BCUT2D eigenvalue weighted by atomic mass is 9.82. The van der Waals surface area contributed by atoms with Crippen molar-refractivity contribution in [2.45, 2.75) is 33.2 Å². The van der Waals surface area contributed by atoms with E-state index in [2.05, 4.69) is 75.1 Å². The second-order valence-corrected chi connectivity index (χ2v) is 6.29. The summed E-state index contributed by atoms with van der Waals surface area (Å²) in [4.78, 5) is 6.51. The topological polar surface area (TPSA) is 16.1 Å². The van der Waals surface area contributed by atoms with Gasteiger partial charge in [-0.05, 0) is 61.7 Å². The number of hydrogen-bond acceptors (Lipinski definition) is 2. The van der Waals surface area contributed by atoms with Crippen LogP contribution in [-0.2, 0) is 5.54 Å². The van der Waals surface area contributed by atoms with Gasteiger partial charge in [-0.15, -0.1) is 0 Å². The summed E-state index contributed by atoms with van der Waals surface area (Å²) in [7, 11) is 2.14. The van der Waals surface area contributed by atoms with Crippen molar-refractivity contribution < 1.29 is 0 Å². The van der Waals surface area contributed by atoms with Crippen molar-refractivity contribution in [2.75, 3.05) is 7.05 Å². The van der Waals surface area contributed by atoms with Crippen LogP contribution in [0.3, 0.4) is 0 Å². The number of benzene rings is 1. The number of nitrogens with zero attached hydrogens (tertiary/aromatic N) is 2. The molecular weight excluding hydrogens is 256 g/mol. The van der Waals surface area contributed by atoms with Crippen molar-refractivity contribution in [3.63, 3.8) is 0 Å². The first-order valence-corrected chi connectivity index (χ1v) is 7.38. The minimum Gasteiger partial charge on any atom is -0.367 e.